The minimum Gasteiger partial charge on any atom is -0.450 e. The topological polar surface area (TPSA) is 66.8 Å². The van der Waals surface area contributed by atoms with Crippen LogP contribution in [0.15, 0.2) is 0 Å². The van der Waals surface area contributed by atoms with Crippen molar-refractivity contribution in [1.82, 2.24) is 0 Å². The van der Waals surface area contributed by atoms with Crippen molar-refractivity contribution < 1.29 is 19.7 Å². The Bertz CT molecular complexity index is 102. The highest BCUT2D eigenvalue weighted by Crippen LogP contribution is 2.01. The van der Waals surface area contributed by atoms with Gasteiger partial charge in [-0.2, -0.15) is 0 Å². The maximum absolute atomic E-state index is 9.79. The molecular weight excluding hydrogens is 136 g/mol. The Morgan fingerprint density at radius 1 is 1.70 bits per heavy atom. The Hall–Kier alpha value is -0.770. The van der Waals surface area contributed by atoms with E-state index in [0.29, 0.717) is 6.42 Å². The molecule has 0 radical (unpaired) electrons. The molecule has 4 nitrogen and oxygen atoms in total. The summed E-state index contributed by atoms with van der Waals surface area (Å²) in [6.07, 6.45) is -0.516. The highest BCUT2D eigenvalue weighted by Gasteiger charge is 2.06. The molecule has 1 atom stereocenters. The lowest BCUT2D eigenvalue weighted by atomic mass is 10.2. The Morgan fingerprint density at radius 2 is 2.30 bits per heavy atom. The van der Waals surface area contributed by atoms with Crippen LogP contribution < -0.4 is 0 Å². The third kappa shape index (κ3) is 5.37. The molecule has 1 unspecified atom stereocenters. The van der Waals surface area contributed by atoms with Gasteiger partial charge in [0.1, 0.15) is 0 Å². The van der Waals surface area contributed by atoms with Crippen LogP contribution >= 0.6 is 0 Å². The third-order valence-electron chi connectivity index (χ3n) is 1.04. The lowest BCUT2D eigenvalue weighted by Gasteiger charge is -2.06. The molecule has 0 fully saturated rings. The molecule has 0 aromatic carbocycles. The molecule has 0 saturated carbocycles. The van der Waals surface area contributed by atoms with Crippen LogP contribution in [0.2, 0.25) is 0 Å². The normalized spacial score (nSPS) is 12.6. The number of ether oxygens (including phenoxy) is 1. The van der Waals surface area contributed by atoms with E-state index in [1.165, 1.54) is 0 Å². The molecule has 0 aliphatic carbocycles. The molecule has 0 amide bonds. The zero-order chi connectivity index (χ0) is 7.98. The summed E-state index contributed by atoms with van der Waals surface area (Å²) in [5.41, 5.74) is 0. The maximum atomic E-state index is 9.79. The number of unbranched alkanes of at least 4 members (excludes halogenated alkanes) is 1. The van der Waals surface area contributed by atoms with Crippen LogP contribution in [0.25, 0.3) is 0 Å². The number of carbonyl (C=O) groups is 1. The van der Waals surface area contributed by atoms with E-state index >= 15 is 0 Å². The first kappa shape index (κ1) is 9.23. The van der Waals surface area contributed by atoms with E-state index in [1.54, 1.807) is 0 Å². The largest absolute Gasteiger partial charge is 0.508 e. The molecule has 0 aliphatic heterocycles. The van der Waals surface area contributed by atoms with Gasteiger partial charge in [-0.3, -0.25) is 0 Å². The second kappa shape index (κ2) is 5.05. The van der Waals surface area contributed by atoms with Crippen molar-refractivity contribution in [3.05, 3.63) is 0 Å². The molecule has 0 heterocycles. The standard InChI is InChI=1S/C6H12O4/c1-2-3-4-5(7)10-6(8)9/h5,7H,2-4H2,1H3,(H,8,9). The van der Waals surface area contributed by atoms with E-state index in [-0.39, 0.29) is 0 Å². The van der Waals surface area contributed by atoms with E-state index in [0.717, 1.165) is 12.8 Å². The van der Waals surface area contributed by atoms with Gasteiger partial charge in [0.25, 0.3) is 0 Å². The number of hydrogen-bond donors (Lipinski definition) is 2. The average Bonchev–Trinajstić information content (AvgIpc) is 1.82. The van der Waals surface area contributed by atoms with Gasteiger partial charge in [0, 0.05) is 6.42 Å². The zero-order valence-corrected chi connectivity index (χ0v) is 5.91. The van der Waals surface area contributed by atoms with Crippen molar-refractivity contribution in [2.24, 2.45) is 0 Å². The van der Waals surface area contributed by atoms with Crippen LogP contribution in [0, 0.1) is 0 Å². The van der Waals surface area contributed by atoms with E-state index in [4.69, 9.17) is 10.2 Å². The van der Waals surface area contributed by atoms with Gasteiger partial charge >= 0.3 is 6.16 Å². The van der Waals surface area contributed by atoms with Crippen molar-refractivity contribution in [2.45, 2.75) is 32.5 Å². The van der Waals surface area contributed by atoms with Crippen LogP contribution in [0.1, 0.15) is 26.2 Å². The SMILES string of the molecule is CCCCC(O)OC(=O)O. The summed E-state index contributed by atoms with van der Waals surface area (Å²) >= 11 is 0. The number of rotatable bonds is 4. The minimum atomic E-state index is -1.43. The first-order valence-corrected chi connectivity index (χ1v) is 3.24. The van der Waals surface area contributed by atoms with Crippen LogP contribution in [0.4, 0.5) is 4.79 Å². The smallest absolute Gasteiger partial charge is 0.450 e. The highest BCUT2D eigenvalue weighted by molar-refractivity contribution is 5.56. The van der Waals surface area contributed by atoms with Crippen LogP contribution in [0.5, 0.6) is 0 Å². The van der Waals surface area contributed by atoms with E-state index in [2.05, 4.69) is 4.74 Å². The van der Waals surface area contributed by atoms with E-state index in [9.17, 15) is 4.79 Å². The van der Waals surface area contributed by atoms with Crippen molar-refractivity contribution >= 4 is 6.16 Å². The van der Waals surface area contributed by atoms with Gasteiger partial charge in [-0.05, 0) is 6.42 Å². The predicted molar refractivity (Wildman–Crippen MR) is 34.6 cm³/mol. The Labute approximate surface area is 59.4 Å². The lowest BCUT2D eigenvalue weighted by Crippen LogP contribution is -2.15. The van der Waals surface area contributed by atoms with Crippen LogP contribution in [-0.2, 0) is 4.74 Å². The first-order valence-electron chi connectivity index (χ1n) is 3.24. The summed E-state index contributed by atoms with van der Waals surface area (Å²) in [4.78, 5) is 9.79. The molecule has 0 aromatic rings. The summed E-state index contributed by atoms with van der Waals surface area (Å²) in [5, 5.41) is 16.7. The molecule has 4 heteroatoms. The van der Waals surface area contributed by atoms with Gasteiger partial charge in [-0.1, -0.05) is 13.3 Å². The number of aliphatic hydroxyl groups is 1. The second-order valence-electron chi connectivity index (χ2n) is 1.98. The van der Waals surface area contributed by atoms with Gasteiger partial charge in [0.15, 0.2) is 0 Å². The molecule has 10 heavy (non-hydrogen) atoms. The summed E-state index contributed by atoms with van der Waals surface area (Å²) in [5.74, 6) is 0. The van der Waals surface area contributed by atoms with Gasteiger partial charge < -0.3 is 14.9 Å². The van der Waals surface area contributed by atoms with Crippen LogP contribution in [-0.4, -0.2) is 22.7 Å². The fourth-order valence-electron chi connectivity index (χ4n) is 0.554. The highest BCUT2D eigenvalue weighted by atomic mass is 16.7. The van der Waals surface area contributed by atoms with E-state index < -0.39 is 12.4 Å². The molecule has 0 rings (SSSR count). The first-order chi connectivity index (χ1) is 4.66. The average molecular weight is 148 g/mol. The summed E-state index contributed by atoms with van der Waals surface area (Å²) in [7, 11) is 0. The maximum Gasteiger partial charge on any atom is 0.508 e. The molecule has 0 spiro atoms. The quantitative estimate of drug-likeness (QED) is 0.464. The number of hydrogen-bond acceptors (Lipinski definition) is 3. The molecular formula is C6H12O4. The van der Waals surface area contributed by atoms with Gasteiger partial charge in [-0.15, -0.1) is 0 Å². The second-order valence-corrected chi connectivity index (χ2v) is 1.98. The molecule has 0 aromatic heterocycles. The molecule has 2 N–H and O–H groups in total. The van der Waals surface area contributed by atoms with Crippen molar-refractivity contribution in [3.8, 4) is 0 Å². The van der Waals surface area contributed by atoms with Gasteiger partial charge in [0.2, 0.25) is 6.29 Å². The monoisotopic (exact) mass is 148 g/mol. The Balaban J connectivity index is 3.25. The third-order valence-corrected chi connectivity index (χ3v) is 1.04. The molecule has 60 valence electrons. The summed E-state index contributed by atoms with van der Waals surface area (Å²) in [6, 6.07) is 0. The lowest BCUT2D eigenvalue weighted by molar-refractivity contribution is -0.0752. The number of carboxylic acid groups (broad SMARTS) is 1. The molecule has 0 saturated heterocycles. The predicted octanol–water partition coefficient (Wildman–Crippen LogP) is 1.19. The summed E-state index contributed by atoms with van der Waals surface area (Å²) < 4.78 is 4.02. The Morgan fingerprint density at radius 3 is 2.70 bits per heavy atom. The van der Waals surface area contributed by atoms with Gasteiger partial charge in [-0.25, -0.2) is 4.79 Å². The van der Waals surface area contributed by atoms with E-state index in [1.807, 2.05) is 6.92 Å². The fraction of sp³-hybridized carbons (Fsp3) is 0.833. The molecule has 0 bridgehead atoms. The van der Waals surface area contributed by atoms with Crippen LogP contribution in [0.3, 0.4) is 0 Å². The van der Waals surface area contributed by atoms with Crippen molar-refractivity contribution in [2.75, 3.05) is 0 Å². The van der Waals surface area contributed by atoms with Crippen molar-refractivity contribution in [3.63, 3.8) is 0 Å². The molecule has 0 aliphatic rings. The Kier molecular flexibility index (Phi) is 4.66. The summed E-state index contributed by atoms with van der Waals surface area (Å²) in [6.45, 7) is 1.95. The fourth-order valence-corrected chi connectivity index (χ4v) is 0.554. The van der Waals surface area contributed by atoms with Crippen molar-refractivity contribution in [1.29, 1.82) is 0 Å². The van der Waals surface area contributed by atoms with Gasteiger partial charge in [0.05, 0.1) is 0 Å². The minimum absolute atomic E-state index is 0.378. The zero-order valence-electron chi connectivity index (χ0n) is 5.91. The number of aliphatic hydroxyl groups excluding tert-OH is 1.